The number of alkyl halides is 3. The Bertz CT molecular complexity index is 1410. The lowest BCUT2D eigenvalue weighted by Crippen LogP contribution is -2.60. The summed E-state index contributed by atoms with van der Waals surface area (Å²) in [6.45, 7) is 2.30. The highest BCUT2D eigenvalue weighted by molar-refractivity contribution is 9.10. The summed E-state index contributed by atoms with van der Waals surface area (Å²) in [5.74, 6) is -2.16. The molecule has 0 spiro atoms. The number of hydrogen-bond acceptors (Lipinski definition) is 11. The van der Waals surface area contributed by atoms with Crippen LogP contribution in [0, 0.1) is 0 Å². The van der Waals surface area contributed by atoms with Crippen molar-refractivity contribution in [1.82, 2.24) is 35.2 Å². The first-order valence-electron chi connectivity index (χ1n) is 12.4. The largest absolute Gasteiger partial charge is 0.493 e. The zero-order chi connectivity index (χ0) is 28.4. The van der Waals surface area contributed by atoms with Crippen molar-refractivity contribution < 1.29 is 32.1 Å². The number of anilines is 1. The quantitative estimate of drug-likeness (QED) is 0.332. The number of hydroxylamine groups is 1. The summed E-state index contributed by atoms with van der Waals surface area (Å²) in [5, 5.41) is 8.57. The number of carbonyl (C=O) groups excluding carboxylic acids is 2. The van der Waals surface area contributed by atoms with Crippen LogP contribution in [0.4, 0.5) is 19.0 Å². The number of hydrogen-bond donors (Lipinski definition) is 1. The smallest absolute Gasteiger partial charge is 0.339 e. The van der Waals surface area contributed by atoms with E-state index in [1.54, 1.807) is 23.4 Å². The van der Waals surface area contributed by atoms with E-state index in [-0.39, 0.29) is 40.8 Å². The van der Waals surface area contributed by atoms with E-state index in [1.165, 1.54) is 4.90 Å². The number of nitrogens with one attached hydrogen (secondary N) is 1. The van der Waals surface area contributed by atoms with Gasteiger partial charge in [-0.25, -0.2) is 14.7 Å². The Morgan fingerprint density at radius 1 is 1.25 bits per heavy atom. The molecule has 17 heteroatoms. The van der Waals surface area contributed by atoms with Crippen LogP contribution in [-0.4, -0.2) is 71.9 Å². The van der Waals surface area contributed by atoms with Crippen LogP contribution in [0.25, 0.3) is 0 Å². The van der Waals surface area contributed by atoms with Crippen molar-refractivity contribution in [3.05, 3.63) is 52.2 Å². The predicted molar refractivity (Wildman–Crippen MR) is 134 cm³/mol. The number of aromatic amines is 1. The fraction of sp³-hybridized carbons (Fsp3) is 0.435. The molecular weight excluding hydrogens is 603 g/mol. The van der Waals surface area contributed by atoms with Gasteiger partial charge in [0.2, 0.25) is 12.2 Å². The van der Waals surface area contributed by atoms with Crippen LogP contribution < -0.4 is 4.90 Å². The third kappa shape index (κ3) is 5.64. The molecule has 5 heterocycles. The van der Waals surface area contributed by atoms with E-state index in [0.717, 1.165) is 18.4 Å². The van der Waals surface area contributed by atoms with E-state index in [0.29, 0.717) is 30.4 Å². The van der Waals surface area contributed by atoms with Gasteiger partial charge in [-0.1, -0.05) is 36.2 Å². The topological polar surface area (TPSA) is 146 Å². The Hall–Kier alpha value is -4.02. The molecule has 1 amide bonds. The summed E-state index contributed by atoms with van der Waals surface area (Å²) in [5.41, 5.74) is 0.997. The minimum Gasteiger partial charge on any atom is -0.339 e. The summed E-state index contributed by atoms with van der Waals surface area (Å²) in [4.78, 5) is 48.2. The summed E-state index contributed by atoms with van der Waals surface area (Å²) in [7, 11) is 0. The second kappa shape index (κ2) is 11.2. The monoisotopic (exact) mass is 625 g/mol. The molecule has 5 rings (SSSR count). The van der Waals surface area contributed by atoms with Gasteiger partial charge in [0.25, 0.3) is 5.91 Å². The SMILES string of the molecule is CCCCCN1c2nc(Br)[nH]c2C(=O)N2C(CCc3nc(Cc4cccnc4)no3)=NN(OC(=O)C(F)(F)F)C21. The molecule has 0 radical (unpaired) electrons. The Labute approximate surface area is 233 Å². The molecule has 2 aliphatic rings. The lowest BCUT2D eigenvalue weighted by atomic mass is 10.2. The fourth-order valence-corrected chi connectivity index (χ4v) is 4.71. The molecule has 0 fully saturated rings. The first kappa shape index (κ1) is 27.5. The van der Waals surface area contributed by atoms with Crippen molar-refractivity contribution in [3.63, 3.8) is 0 Å². The lowest BCUT2D eigenvalue weighted by molar-refractivity contribution is -0.249. The number of amides is 1. The highest BCUT2D eigenvalue weighted by Gasteiger charge is 2.52. The van der Waals surface area contributed by atoms with Crippen LogP contribution in [0.15, 0.2) is 38.9 Å². The maximum absolute atomic E-state index is 13.5. The van der Waals surface area contributed by atoms with Crippen LogP contribution >= 0.6 is 15.9 Å². The summed E-state index contributed by atoms with van der Waals surface area (Å²) >= 11 is 3.22. The molecule has 0 saturated carbocycles. The van der Waals surface area contributed by atoms with Gasteiger partial charge in [-0.2, -0.15) is 18.2 Å². The molecule has 0 bridgehead atoms. The van der Waals surface area contributed by atoms with E-state index in [1.807, 2.05) is 13.0 Å². The summed E-state index contributed by atoms with van der Waals surface area (Å²) in [6.07, 6.45) is -0.415. The zero-order valence-corrected chi connectivity index (χ0v) is 22.6. The molecule has 1 unspecified atom stereocenters. The third-order valence-corrected chi connectivity index (χ3v) is 6.50. The minimum atomic E-state index is -5.27. The number of pyridine rings is 1. The van der Waals surface area contributed by atoms with Gasteiger partial charge < -0.3 is 19.2 Å². The van der Waals surface area contributed by atoms with Gasteiger partial charge in [-0.05, 0) is 34.0 Å². The number of imidazole rings is 1. The molecule has 2 aliphatic heterocycles. The first-order valence-corrected chi connectivity index (χ1v) is 13.2. The van der Waals surface area contributed by atoms with Crippen LogP contribution in [0.5, 0.6) is 0 Å². The van der Waals surface area contributed by atoms with E-state index in [2.05, 4.69) is 51.0 Å². The third-order valence-electron chi connectivity index (χ3n) is 6.13. The van der Waals surface area contributed by atoms with E-state index >= 15 is 0 Å². The molecule has 1 atom stereocenters. The molecular formula is C23H23BrF3N9O4. The Balaban J connectivity index is 1.41. The molecule has 1 N–H and O–H groups in total. The first-order chi connectivity index (χ1) is 19.2. The molecule has 0 aliphatic carbocycles. The fourth-order valence-electron chi connectivity index (χ4n) is 4.34. The van der Waals surface area contributed by atoms with Crippen molar-refractivity contribution in [1.29, 1.82) is 0 Å². The molecule has 0 saturated heterocycles. The molecule has 3 aromatic heterocycles. The minimum absolute atomic E-state index is 0.0181. The van der Waals surface area contributed by atoms with Crippen LogP contribution in [0.1, 0.15) is 60.4 Å². The number of aryl methyl sites for hydroxylation is 1. The average molecular weight is 626 g/mol. The standard InChI is InChI=1S/C23H23BrF3N9O4/c1-2-3-4-10-34-18-17(30-21(24)31-18)19(37)35-15(32-36(22(34)35)40-20(38)23(25,26)27)7-8-16-29-14(33-39-16)11-13-6-5-9-28-12-13/h5-6,9,12,22H,2-4,7-8,10-11H2,1H3,(H,30,31). The van der Waals surface area contributed by atoms with Gasteiger partial charge in [0, 0.05) is 38.2 Å². The number of hydrazone groups is 1. The van der Waals surface area contributed by atoms with Crippen LogP contribution in [0.3, 0.4) is 0 Å². The number of aromatic nitrogens is 5. The Morgan fingerprint density at radius 3 is 2.80 bits per heavy atom. The van der Waals surface area contributed by atoms with Crippen molar-refractivity contribution in [2.75, 3.05) is 11.4 Å². The van der Waals surface area contributed by atoms with Gasteiger partial charge in [-0.3, -0.25) is 9.78 Å². The number of amidine groups is 1. The number of carbonyl (C=O) groups is 2. The van der Waals surface area contributed by atoms with Gasteiger partial charge in [0.15, 0.2) is 16.4 Å². The number of fused-ring (bicyclic) bond motifs is 2. The molecule has 3 aromatic rings. The number of rotatable bonds is 10. The highest BCUT2D eigenvalue weighted by Crippen LogP contribution is 2.37. The normalized spacial score (nSPS) is 16.7. The van der Waals surface area contributed by atoms with Crippen molar-refractivity contribution in [2.24, 2.45) is 5.10 Å². The van der Waals surface area contributed by atoms with Gasteiger partial charge >= 0.3 is 12.1 Å². The molecule has 212 valence electrons. The predicted octanol–water partition coefficient (Wildman–Crippen LogP) is 3.56. The van der Waals surface area contributed by atoms with Gasteiger partial charge in [-0.15, -0.1) is 5.10 Å². The van der Waals surface area contributed by atoms with Gasteiger partial charge in [0.05, 0.1) is 0 Å². The summed E-state index contributed by atoms with van der Waals surface area (Å²) < 4.78 is 44.9. The highest BCUT2D eigenvalue weighted by atomic mass is 79.9. The van der Waals surface area contributed by atoms with Crippen LogP contribution in [0.2, 0.25) is 0 Å². The van der Waals surface area contributed by atoms with Crippen molar-refractivity contribution in [2.45, 2.75) is 57.9 Å². The Kier molecular flexibility index (Phi) is 7.73. The maximum atomic E-state index is 13.5. The zero-order valence-electron chi connectivity index (χ0n) is 21.1. The van der Waals surface area contributed by atoms with E-state index in [9.17, 15) is 22.8 Å². The molecule has 13 nitrogen and oxygen atoms in total. The van der Waals surface area contributed by atoms with Gasteiger partial charge in [0.1, 0.15) is 11.5 Å². The average Bonchev–Trinajstić information content (AvgIpc) is 3.62. The number of H-pyrrole nitrogens is 1. The Morgan fingerprint density at radius 2 is 2.08 bits per heavy atom. The second-order valence-electron chi connectivity index (χ2n) is 8.99. The molecule has 0 aromatic carbocycles. The van der Waals surface area contributed by atoms with E-state index in [4.69, 9.17) is 4.52 Å². The number of halogens is 4. The maximum Gasteiger partial charge on any atom is 0.493 e. The van der Waals surface area contributed by atoms with Crippen molar-refractivity contribution in [3.8, 4) is 0 Å². The second-order valence-corrected chi connectivity index (χ2v) is 9.74. The summed E-state index contributed by atoms with van der Waals surface area (Å²) in [6, 6.07) is 3.65. The lowest BCUT2D eigenvalue weighted by Gasteiger charge is -2.40. The number of nitrogens with zero attached hydrogens (tertiary/aromatic N) is 8. The van der Waals surface area contributed by atoms with Crippen LogP contribution in [-0.2, 0) is 22.5 Å². The van der Waals surface area contributed by atoms with Crippen molar-refractivity contribution >= 4 is 39.5 Å². The van der Waals surface area contributed by atoms with E-state index < -0.39 is 24.3 Å². The number of unbranched alkanes of at least 4 members (excludes halogenated alkanes) is 2. The molecule has 40 heavy (non-hydrogen) atoms.